The highest BCUT2D eigenvalue weighted by Gasteiger charge is 2.32. The summed E-state index contributed by atoms with van der Waals surface area (Å²) in [5, 5.41) is 0. The minimum atomic E-state index is -3.32. The molecule has 1 saturated carbocycles. The van der Waals surface area contributed by atoms with Crippen LogP contribution in [0.2, 0.25) is 0 Å². The Morgan fingerprint density at radius 1 is 1.38 bits per heavy atom. The lowest BCUT2D eigenvalue weighted by Gasteiger charge is -2.29. The van der Waals surface area contributed by atoms with Gasteiger partial charge in [0.25, 0.3) is 0 Å². The van der Waals surface area contributed by atoms with Gasteiger partial charge in [0.05, 0.1) is 5.75 Å². The van der Waals surface area contributed by atoms with Crippen molar-refractivity contribution in [2.75, 3.05) is 5.75 Å². The largest absolute Gasteiger partial charge is 0.247 e. The molecule has 0 aromatic rings. The van der Waals surface area contributed by atoms with Crippen molar-refractivity contribution in [3.05, 3.63) is 0 Å². The third kappa shape index (κ3) is 4.37. The van der Waals surface area contributed by atoms with Crippen LogP contribution in [0.15, 0.2) is 0 Å². The molecule has 96 valence electrons. The van der Waals surface area contributed by atoms with Crippen molar-refractivity contribution in [2.24, 2.45) is 11.8 Å². The first-order valence-corrected chi connectivity index (χ1v) is 7.59. The molecule has 3 unspecified atom stereocenters. The lowest BCUT2D eigenvalue weighted by Crippen LogP contribution is -2.38. The Bertz CT molecular complexity index is 316. The van der Waals surface area contributed by atoms with E-state index in [1.807, 2.05) is 6.92 Å². The molecule has 1 rings (SSSR count). The van der Waals surface area contributed by atoms with E-state index in [-0.39, 0.29) is 17.7 Å². The molecule has 1 N–H and O–H groups in total. The maximum absolute atomic E-state index is 13.7. The van der Waals surface area contributed by atoms with E-state index in [0.29, 0.717) is 18.8 Å². The summed E-state index contributed by atoms with van der Waals surface area (Å²) in [6, 6.07) is -0.120. The summed E-state index contributed by atoms with van der Waals surface area (Å²) in [5.41, 5.74) is 0. The molecule has 1 fully saturated rings. The fourth-order valence-electron chi connectivity index (χ4n) is 2.25. The van der Waals surface area contributed by atoms with Crippen LogP contribution in [0.4, 0.5) is 4.39 Å². The highest BCUT2D eigenvalue weighted by molar-refractivity contribution is 7.89. The second-order valence-electron chi connectivity index (χ2n) is 5.25. The fraction of sp³-hybridized carbons (Fsp3) is 1.00. The van der Waals surface area contributed by atoms with Gasteiger partial charge in [-0.3, -0.25) is 0 Å². The maximum Gasteiger partial charge on any atom is 0.212 e. The van der Waals surface area contributed by atoms with E-state index in [1.165, 1.54) is 0 Å². The van der Waals surface area contributed by atoms with Crippen LogP contribution in [0.25, 0.3) is 0 Å². The van der Waals surface area contributed by atoms with Crippen molar-refractivity contribution in [3.8, 4) is 0 Å². The molecule has 0 aromatic carbocycles. The van der Waals surface area contributed by atoms with Crippen molar-refractivity contribution in [1.82, 2.24) is 4.72 Å². The zero-order chi connectivity index (χ0) is 12.3. The molecule has 0 heterocycles. The molecule has 3 atom stereocenters. The van der Waals surface area contributed by atoms with Crippen molar-refractivity contribution in [1.29, 1.82) is 0 Å². The van der Waals surface area contributed by atoms with Gasteiger partial charge in [0.2, 0.25) is 10.0 Å². The highest BCUT2D eigenvalue weighted by atomic mass is 32.2. The van der Waals surface area contributed by atoms with E-state index in [1.54, 1.807) is 13.8 Å². The van der Waals surface area contributed by atoms with E-state index in [9.17, 15) is 12.8 Å². The summed E-state index contributed by atoms with van der Waals surface area (Å²) >= 11 is 0. The van der Waals surface area contributed by atoms with Gasteiger partial charge in [-0.05, 0) is 32.6 Å². The van der Waals surface area contributed by atoms with Crippen LogP contribution in [-0.2, 0) is 10.0 Å². The SMILES string of the molecule is CC1CCC(CS(=O)(=O)NC(C)C)C(F)C1. The van der Waals surface area contributed by atoms with Crippen LogP contribution in [0.1, 0.15) is 40.0 Å². The van der Waals surface area contributed by atoms with Crippen molar-refractivity contribution < 1.29 is 12.8 Å². The molecule has 1 aliphatic carbocycles. The minimum absolute atomic E-state index is 0.0704. The first-order chi connectivity index (χ1) is 7.30. The average Bonchev–Trinajstić information content (AvgIpc) is 2.07. The zero-order valence-corrected chi connectivity index (χ0v) is 11.1. The Morgan fingerprint density at radius 3 is 2.50 bits per heavy atom. The molecule has 5 heteroatoms. The van der Waals surface area contributed by atoms with E-state index in [4.69, 9.17) is 0 Å². The summed E-state index contributed by atoms with van der Waals surface area (Å²) in [5.74, 6) is -0.0153. The van der Waals surface area contributed by atoms with Crippen LogP contribution in [-0.4, -0.2) is 26.4 Å². The second kappa shape index (κ2) is 5.45. The zero-order valence-electron chi connectivity index (χ0n) is 10.2. The Balaban J connectivity index is 2.54. The standard InChI is InChI=1S/C11H22FNO2S/c1-8(2)13-16(14,15)7-10-5-4-9(3)6-11(10)12/h8-11,13H,4-7H2,1-3H3. The minimum Gasteiger partial charge on any atom is -0.247 e. The van der Waals surface area contributed by atoms with Crippen LogP contribution in [0.3, 0.4) is 0 Å². The molecule has 0 amide bonds. The molecule has 0 aromatic heterocycles. The molecular weight excluding hydrogens is 229 g/mol. The molecular formula is C11H22FNO2S. The average molecular weight is 251 g/mol. The molecule has 0 aliphatic heterocycles. The van der Waals surface area contributed by atoms with Gasteiger partial charge in [-0.1, -0.05) is 13.3 Å². The van der Waals surface area contributed by atoms with Crippen molar-refractivity contribution in [3.63, 3.8) is 0 Å². The first-order valence-electron chi connectivity index (χ1n) is 5.94. The van der Waals surface area contributed by atoms with E-state index < -0.39 is 16.2 Å². The number of sulfonamides is 1. The summed E-state index contributed by atoms with van der Waals surface area (Å²) < 4.78 is 39.5. The molecule has 0 spiro atoms. The Labute approximate surface area is 97.9 Å². The number of halogens is 1. The molecule has 1 aliphatic rings. The van der Waals surface area contributed by atoms with Gasteiger partial charge in [-0.15, -0.1) is 0 Å². The summed E-state index contributed by atoms with van der Waals surface area (Å²) in [6.07, 6.45) is 1.15. The van der Waals surface area contributed by atoms with Gasteiger partial charge in [-0.2, -0.15) is 0 Å². The van der Waals surface area contributed by atoms with Crippen LogP contribution >= 0.6 is 0 Å². The van der Waals surface area contributed by atoms with E-state index >= 15 is 0 Å². The smallest absolute Gasteiger partial charge is 0.212 e. The number of hydrogen-bond acceptors (Lipinski definition) is 2. The first kappa shape index (κ1) is 13.9. The van der Waals surface area contributed by atoms with Gasteiger partial charge in [-0.25, -0.2) is 17.5 Å². The number of hydrogen-bond donors (Lipinski definition) is 1. The number of nitrogens with one attached hydrogen (secondary N) is 1. The fourth-order valence-corrected chi connectivity index (χ4v) is 4.00. The summed E-state index contributed by atoms with van der Waals surface area (Å²) in [7, 11) is -3.32. The maximum atomic E-state index is 13.7. The molecule has 16 heavy (non-hydrogen) atoms. The van der Waals surface area contributed by atoms with Crippen LogP contribution in [0.5, 0.6) is 0 Å². The highest BCUT2D eigenvalue weighted by Crippen LogP contribution is 2.31. The third-order valence-corrected chi connectivity index (χ3v) is 4.72. The molecule has 3 nitrogen and oxygen atoms in total. The Kier molecular flexibility index (Phi) is 4.73. The normalized spacial score (nSPS) is 31.9. The second-order valence-corrected chi connectivity index (χ2v) is 7.05. The number of rotatable bonds is 4. The summed E-state index contributed by atoms with van der Waals surface area (Å²) in [4.78, 5) is 0. The van der Waals surface area contributed by atoms with Gasteiger partial charge >= 0.3 is 0 Å². The van der Waals surface area contributed by atoms with Gasteiger partial charge in [0.15, 0.2) is 0 Å². The number of alkyl halides is 1. The lowest BCUT2D eigenvalue weighted by atomic mass is 9.82. The van der Waals surface area contributed by atoms with Gasteiger partial charge in [0, 0.05) is 12.0 Å². The van der Waals surface area contributed by atoms with Gasteiger partial charge in [0.1, 0.15) is 6.17 Å². The quantitative estimate of drug-likeness (QED) is 0.831. The topological polar surface area (TPSA) is 46.2 Å². The van der Waals surface area contributed by atoms with E-state index in [2.05, 4.69) is 4.72 Å². The third-order valence-electron chi connectivity index (χ3n) is 3.02. The summed E-state index contributed by atoms with van der Waals surface area (Å²) in [6.45, 7) is 5.56. The Hall–Kier alpha value is -0.160. The lowest BCUT2D eigenvalue weighted by molar-refractivity contribution is 0.146. The molecule has 0 radical (unpaired) electrons. The van der Waals surface area contributed by atoms with Crippen LogP contribution in [0, 0.1) is 11.8 Å². The monoisotopic (exact) mass is 251 g/mol. The van der Waals surface area contributed by atoms with E-state index in [0.717, 1.165) is 6.42 Å². The molecule has 0 saturated heterocycles. The molecule has 0 bridgehead atoms. The van der Waals surface area contributed by atoms with Crippen molar-refractivity contribution in [2.45, 2.75) is 52.2 Å². The van der Waals surface area contributed by atoms with Crippen molar-refractivity contribution >= 4 is 10.0 Å². The van der Waals surface area contributed by atoms with Gasteiger partial charge < -0.3 is 0 Å². The predicted octanol–water partition coefficient (Wildman–Crippen LogP) is 2.09. The predicted molar refractivity (Wildman–Crippen MR) is 63.5 cm³/mol. The Morgan fingerprint density at radius 2 is 2.00 bits per heavy atom. The van der Waals surface area contributed by atoms with Crippen LogP contribution < -0.4 is 4.72 Å².